The summed E-state index contributed by atoms with van der Waals surface area (Å²) in [5.41, 5.74) is 0. The van der Waals surface area contributed by atoms with Crippen molar-refractivity contribution >= 4 is 10.0 Å². The minimum atomic E-state index is -3.14. The molecule has 5 heteroatoms. The van der Waals surface area contributed by atoms with Gasteiger partial charge in [-0.25, -0.2) is 13.1 Å². The molecule has 0 saturated heterocycles. The second kappa shape index (κ2) is 6.57. The molecule has 96 valence electrons. The van der Waals surface area contributed by atoms with Crippen molar-refractivity contribution < 1.29 is 8.42 Å². The molecular weight excluding hydrogens is 224 g/mol. The van der Waals surface area contributed by atoms with Crippen molar-refractivity contribution in [3.63, 3.8) is 0 Å². The summed E-state index contributed by atoms with van der Waals surface area (Å²) in [5, 5.41) is 2.72. The highest BCUT2D eigenvalue weighted by atomic mass is 32.2. The summed E-state index contributed by atoms with van der Waals surface area (Å²) in [6, 6.07) is 0.169. The Morgan fingerprint density at radius 3 is 2.44 bits per heavy atom. The van der Waals surface area contributed by atoms with Crippen molar-refractivity contribution in [1.82, 2.24) is 10.0 Å². The van der Waals surface area contributed by atoms with Gasteiger partial charge in [-0.2, -0.15) is 0 Å². The van der Waals surface area contributed by atoms with Gasteiger partial charge in [-0.3, -0.25) is 0 Å². The molecule has 0 bridgehead atoms. The molecule has 1 rings (SSSR count). The molecule has 0 aromatic rings. The molecule has 1 aliphatic carbocycles. The van der Waals surface area contributed by atoms with Gasteiger partial charge < -0.3 is 5.32 Å². The Balaban J connectivity index is 2.42. The number of sulfonamides is 1. The Kier molecular flexibility index (Phi) is 5.72. The van der Waals surface area contributed by atoms with Gasteiger partial charge in [0.2, 0.25) is 10.0 Å². The van der Waals surface area contributed by atoms with E-state index in [1.54, 1.807) is 6.92 Å². The highest BCUT2D eigenvalue weighted by molar-refractivity contribution is 7.90. The van der Waals surface area contributed by atoms with Crippen molar-refractivity contribution in [3.8, 4) is 0 Å². The standard InChI is InChI=1S/C11H24N2O2S/c1-3-12-9-10(2)16(14,15)13-11-7-5-4-6-8-11/h10-13H,3-9H2,1-2H3. The van der Waals surface area contributed by atoms with E-state index in [2.05, 4.69) is 10.0 Å². The second-order valence-electron chi connectivity index (χ2n) is 4.62. The zero-order valence-electron chi connectivity index (χ0n) is 10.3. The molecule has 0 heterocycles. The fourth-order valence-corrected chi connectivity index (χ4v) is 3.30. The lowest BCUT2D eigenvalue weighted by atomic mass is 9.96. The van der Waals surface area contributed by atoms with Crippen LogP contribution >= 0.6 is 0 Å². The van der Waals surface area contributed by atoms with Crippen molar-refractivity contribution in [2.75, 3.05) is 13.1 Å². The lowest BCUT2D eigenvalue weighted by Crippen LogP contribution is -2.44. The van der Waals surface area contributed by atoms with Crippen LogP contribution in [0.15, 0.2) is 0 Å². The summed E-state index contributed by atoms with van der Waals surface area (Å²) in [4.78, 5) is 0. The molecule has 4 nitrogen and oxygen atoms in total. The predicted octanol–water partition coefficient (Wildman–Crippen LogP) is 1.24. The first-order chi connectivity index (χ1) is 7.56. The third-order valence-corrected chi connectivity index (χ3v) is 5.04. The normalized spacial score (nSPS) is 20.9. The van der Waals surface area contributed by atoms with Crippen LogP contribution in [-0.4, -0.2) is 32.8 Å². The van der Waals surface area contributed by atoms with Gasteiger partial charge in [0.1, 0.15) is 0 Å². The summed E-state index contributed by atoms with van der Waals surface area (Å²) in [6.07, 6.45) is 5.52. The third-order valence-electron chi connectivity index (χ3n) is 3.15. The van der Waals surface area contributed by atoms with E-state index < -0.39 is 10.0 Å². The Hall–Kier alpha value is -0.130. The first-order valence-electron chi connectivity index (χ1n) is 6.28. The van der Waals surface area contributed by atoms with Gasteiger partial charge >= 0.3 is 0 Å². The summed E-state index contributed by atoms with van der Waals surface area (Å²) in [7, 11) is -3.14. The van der Waals surface area contributed by atoms with Gasteiger partial charge in [-0.05, 0) is 26.3 Å². The average Bonchev–Trinajstić information content (AvgIpc) is 2.26. The van der Waals surface area contributed by atoms with E-state index in [1.807, 2.05) is 6.92 Å². The summed E-state index contributed by atoms with van der Waals surface area (Å²) in [6.45, 7) is 5.07. The van der Waals surface area contributed by atoms with Crippen LogP contribution in [0.25, 0.3) is 0 Å². The molecule has 1 aliphatic rings. The lowest BCUT2D eigenvalue weighted by molar-refractivity contribution is 0.410. The predicted molar refractivity (Wildman–Crippen MR) is 66.9 cm³/mol. The minimum absolute atomic E-state index is 0.169. The van der Waals surface area contributed by atoms with E-state index in [1.165, 1.54) is 6.42 Å². The van der Waals surface area contributed by atoms with Crippen LogP contribution < -0.4 is 10.0 Å². The van der Waals surface area contributed by atoms with Crippen LogP contribution in [-0.2, 0) is 10.0 Å². The number of hydrogen-bond donors (Lipinski definition) is 2. The Labute approximate surface area is 99.2 Å². The molecule has 1 atom stereocenters. The Bertz CT molecular complexity index is 284. The summed E-state index contributed by atoms with van der Waals surface area (Å²) in [5.74, 6) is 0. The van der Waals surface area contributed by atoms with Crippen LogP contribution in [0.2, 0.25) is 0 Å². The van der Waals surface area contributed by atoms with E-state index in [9.17, 15) is 8.42 Å². The van der Waals surface area contributed by atoms with Crippen molar-refractivity contribution in [1.29, 1.82) is 0 Å². The molecular formula is C11H24N2O2S. The number of hydrogen-bond acceptors (Lipinski definition) is 3. The molecule has 0 spiro atoms. The molecule has 16 heavy (non-hydrogen) atoms. The zero-order valence-corrected chi connectivity index (χ0v) is 11.1. The molecule has 0 radical (unpaired) electrons. The fourth-order valence-electron chi connectivity index (χ4n) is 2.03. The molecule has 0 amide bonds. The maximum Gasteiger partial charge on any atom is 0.215 e. The van der Waals surface area contributed by atoms with Gasteiger partial charge in [0.25, 0.3) is 0 Å². The largest absolute Gasteiger partial charge is 0.316 e. The summed E-state index contributed by atoms with van der Waals surface area (Å²) < 4.78 is 26.7. The monoisotopic (exact) mass is 248 g/mol. The van der Waals surface area contributed by atoms with Gasteiger partial charge in [0, 0.05) is 12.6 Å². The van der Waals surface area contributed by atoms with E-state index in [4.69, 9.17) is 0 Å². The van der Waals surface area contributed by atoms with Crippen LogP contribution in [0.3, 0.4) is 0 Å². The molecule has 0 aliphatic heterocycles. The quantitative estimate of drug-likeness (QED) is 0.743. The van der Waals surface area contributed by atoms with Gasteiger partial charge in [0.15, 0.2) is 0 Å². The Morgan fingerprint density at radius 2 is 1.88 bits per heavy atom. The highest BCUT2D eigenvalue weighted by Crippen LogP contribution is 2.18. The molecule has 1 unspecified atom stereocenters. The molecule has 2 N–H and O–H groups in total. The second-order valence-corrected chi connectivity index (χ2v) is 6.75. The van der Waals surface area contributed by atoms with E-state index >= 15 is 0 Å². The topological polar surface area (TPSA) is 58.2 Å². The van der Waals surface area contributed by atoms with Crippen LogP contribution in [0.4, 0.5) is 0 Å². The third kappa shape index (κ3) is 4.39. The van der Waals surface area contributed by atoms with Crippen molar-refractivity contribution in [2.45, 2.75) is 57.2 Å². The minimum Gasteiger partial charge on any atom is -0.316 e. The molecule has 0 aromatic carbocycles. The van der Waals surface area contributed by atoms with Gasteiger partial charge in [-0.1, -0.05) is 26.2 Å². The molecule has 1 fully saturated rings. The van der Waals surface area contributed by atoms with E-state index in [0.717, 1.165) is 32.2 Å². The highest BCUT2D eigenvalue weighted by Gasteiger charge is 2.24. The van der Waals surface area contributed by atoms with Crippen LogP contribution in [0.1, 0.15) is 46.0 Å². The number of nitrogens with one attached hydrogen (secondary N) is 2. The zero-order chi connectivity index (χ0) is 12.0. The smallest absolute Gasteiger partial charge is 0.215 e. The Morgan fingerprint density at radius 1 is 1.25 bits per heavy atom. The first-order valence-corrected chi connectivity index (χ1v) is 7.82. The maximum atomic E-state index is 12.0. The summed E-state index contributed by atoms with van der Waals surface area (Å²) >= 11 is 0. The lowest BCUT2D eigenvalue weighted by Gasteiger charge is -2.24. The van der Waals surface area contributed by atoms with Crippen LogP contribution in [0, 0.1) is 0 Å². The molecule has 0 aromatic heterocycles. The first kappa shape index (κ1) is 13.9. The van der Waals surface area contributed by atoms with Crippen molar-refractivity contribution in [2.24, 2.45) is 0 Å². The van der Waals surface area contributed by atoms with Crippen molar-refractivity contribution in [3.05, 3.63) is 0 Å². The van der Waals surface area contributed by atoms with Crippen LogP contribution in [0.5, 0.6) is 0 Å². The number of rotatable bonds is 6. The van der Waals surface area contributed by atoms with Gasteiger partial charge in [-0.15, -0.1) is 0 Å². The van der Waals surface area contributed by atoms with Gasteiger partial charge in [0.05, 0.1) is 5.25 Å². The average molecular weight is 248 g/mol. The SMILES string of the molecule is CCNCC(C)S(=O)(=O)NC1CCCCC1. The van der Waals surface area contributed by atoms with E-state index in [-0.39, 0.29) is 11.3 Å². The maximum absolute atomic E-state index is 12.0. The van der Waals surface area contributed by atoms with E-state index in [0.29, 0.717) is 6.54 Å². The fraction of sp³-hybridized carbons (Fsp3) is 1.00. The molecule has 1 saturated carbocycles.